The van der Waals surface area contributed by atoms with Gasteiger partial charge in [-0.3, -0.25) is 4.72 Å². The molecule has 2 fully saturated rings. The SMILES string of the molecule is C=Cc1c(NS(=O)(=O)CC2CC2)ccc(Oc2nc(C)sc2-c2ccnc(N[C@@H]3CNC[C@@H](F)C3)n2)c1F. The number of nitrogens with one attached hydrogen (secondary N) is 3. The molecule has 2 atom stereocenters. The predicted octanol–water partition coefficient (Wildman–Crippen LogP) is 4.75. The quantitative estimate of drug-likeness (QED) is 0.324. The van der Waals surface area contributed by atoms with E-state index in [-0.39, 0.29) is 40.6 Å². The smallest absolute Gasteiger partial charge is 0.240 e. The summed E-state index contributed by atoms with van der Waals surface area (Å²) in [5.41, 5.74) is 0.591. The highest BCUT2D eigenvalue weighted by molar-refractivity contribution is 7.92. The first kappa shape index (κ1) is 26.4. The van der Waals surface area contributed by atoms with Crippen molar-refractivity contribution >= 4 is 39.1 Å². The summed E-state index contributed by atoms with van der Waals surface area (Å²) in [6.45, 7) is 6.36. The monoisotopic (exact) mass is 562 g/mol. The lowest BCUT2D eigenvalue weighted by Crippen LogP contribution is -2.44. The number of nitrogens with zero attached hydrogens (tertiary/aromatic N) is 3. The largest absolute Gasteiger partial charge is 0.434 e. The van der Waals surface area contributed by atoms with Gasteiger partial charge in [-0.15, -0.1) is 11.3 Å². The normalized spacial score (nSPS) is 19.7. The van der Waals surface area contributed by atoms with Crippen molar-refractivity contribution < 1.29 is 21.9 Å². The molecule has 5 rings (SSSR count). The molecule has 9 nitrogen and oxygen atoms in total. The summed E-state index contributed by atoms with van der Waals surface area (Å²) in [4.78, 5) is 13.8. The van der Waals surface area contributed by atoms with Gasteiger partial charge in [-0.05, 0) is 43.9 Å². The summed E-state index contributed by atoms with van der Waals surface area (Å²) in [6.07, 6.45) is 3.99. The summed E-state index contributed by atoms with van der Waals surface area (Å²) >= 11 is 1.32. The molecule has 3 N–H and O–H groups in total. The molecule has 2 aliphatic rings. The molecule has 202 valence electrons. The van der Waals surface area contributed by atoms with Crippen LogP contribution in [-0.4, -0.2) is 54.4 Å². The van der Waals surface area contributed by atoms with Crippen molar-refractivity contribution in [2.45, 2.75) is 38.4 Å². The van der Waals surface area contributed by atoms with Gasteiger partial charge in [-0.25, -0.2) is 32.2 Å². The third-order valence-corrected chi connectivity index (χ3v) is 8.61. The maximum absolute atomic E-state index is 15.4. The highest BCUT2D eigenvalue weighted by atomic mass is 32.2. The number of piperidine rings is 1. The lowest BCUT2D eigenvalue weighted by molar-refractivity contribution is 0.254. The minimum absolute atomic E-state index is 0.00626. The fourth-order valence-electron chi connectivity index (χ4n) is 4.22. The Morgan fingerprint density at radius 1 is 1.26 bits per heavy atom. The Labute approximate surface area is 223 Å². The topological polar surface area (TPSA) is 118 Å². The van der Waals surface area contributed by atoms with E-state index in [0.29, 0.717) is 41.0 Å². The number of hydrogen-bond donors (Lipinski definition) is 3. The molecule has 1 aliphatic heterocycles. The van der Waals surface area contributed by atoms with Crippen LogP contribution in [0.15, 0.2) is 31.0 Å². The van der Waals surface area contributed by atoms with Gasteiger partial charge in [0.05, 0.1) is 22.1 Å². The average molecular weight is 563 g/mol. The Morgan fingerprint density at radius 2 is 2.08 bits per heavy atom. The van der Waals surface area contributed by atoms with Crippen molar-refractivity contribution in [2.24, 2.45) is 5.92 Å². The van der Waals surface area contributed by atoms with E-state index in [9.17, 15) is 12.8 Å². The van der Waals surface area contributed by atoms with Gasteiger partial charge < -0.3 is 15.4 Å². The first-order valence-electron chi connectivity index (χ1n) is 12.3. The minimum atomic E-state index is -3.61. The van der Waals surface area contributed by atoms with Gasteiger partial charge in [0.1, 0.15) is 11.0 Å². The van der Waals surface area contributed by atoms with Crippen molar-refractivity contribution in [3.05, 3.63) is 47.4 Å². The molecule has 3 heterocycles. The van der Waals surface area contributed by atoms with Crippen LogP contribution in [0, 0.1) is 18.7 Å². The van der Waals surface area contributed by atoms with Gasteiger partial charge in [0.25, 0.3) is 0 Å². The number of thiazole rings is 1. The van der Waals surface area contributed by atoms with Crippen LogP contribution in [0.2, 0.25) is 0 Å². The van der Waals surface area contributed by atoms with E-state index in [2.05, 4.69) is 36.9 Å². The number of alkyl halides is 1. The molecule has 38 heavy (non-hydrogen) atoms. The van der Waals surface area contributed by atoms with Gasteiger partial charge in [0, 0.05) is 37.3 Å². The number of halogens is 2. The molecule has 3 aromatic rings. The number of anilines is 2. The van der Waals surface area contributed by atoms with Crippen molar-refractivity contribution in [1.29, 1.82) is 0 Å². The predicted molar refractivity (Wildman–Crippen MR) is 144 cm³/mol. The number of aromatic nitrogens is 3. The van der Waals surface area contributed by atoms with E-state index < -0.39 is 22.0 Å². The number of ether oxygens (including phenoxy) is 1. The molecule has 13 heteroatoms. The summed E-state index contributed by atoms with van der Waals surface area (Å²) in [5.74, 6) is -0.257. The van der Waals surface area contributed by atoms with Crippen molar-refractivity contribution in [1.82, 2.24) is 20.3 Å². The van der Waals surface area contributed by atoms with Crippen LogP contribution >= 0.6 is 11.3 Å². The van der Waals surface area contributed by atoms with Crippen LogP contribution in [0.3, 0.4) is 0 Å². The average Bonchev–Trinajstić information content (AvgIpc) is 3.59. The molecule has 1 saturated carbocycles. The molecule has 1 aliphatic carbocycles. The zero-order valence-corrected chi connectivity index (χ0v) is 22.3. The maximum atomic E-state index is 15.4. The Bertz CT molecular complexity index is 1440. The molecule has 0 spiro atoms. The van der Waals surface area contributed by atoms with Crippen molar-refractivity contribution in [2.75, 3.05) is 28.9 Å². The Morgan fingerprint density at radius 3 is 2.82 bits per heavy atom. The molecular formula is C25H28F2N6O3S2. The molecular weight excluding hydrogens is 534 g/mol. The fourth-order valence-corrected chi connectivity index (χ4v) is 6.59. The van der Waals surface area contributed by atoms with Crippen molar-refractivity contribution in [3.8, 4) is 22.2 Å². The van der Waals surface area contributed by atoms with E-state index in [1.165, 1.54) is 29.5 Å². The number of rotatable bonds is 10. The van der Waals surface area contributed by atoms with Gasteiger partial charge in [0.15, 0.2) is 11.6 Å². The Balaban J connectivity index is 1.38. The summed E-state index contributed by atoms with van der Waals surface area (Å²) in [6, 6.07) is 4.33. The van der Waals surface area contributed by atoms with Crippen LogP contribution in [0.25, 0.3) is 16.6 Å². The van der Waals surface area contributed by atoms with Gasteiger partial charge in [-0.2, -0.15) is 0 Å². The molecule has 2 aromatic heterocycles. The van der Waals surface area contributed by atoms with Gasteiger partial charge in [-0.1, -0.05) is 12.7 Å². The van der Waals surface area contributed by atoms with Crippen LogP contribution in [0.5, 0.6) is 11.6 Å². The highest BCUT2D eigenvalue weighted by Crippen LogP contribution is 2.39. The second-order valence-corrected chi connectivity index (χ2v) is 12.4. The van der Waals surface area contributed by atoms with E-state index in [4.69, 9.17) is 4.74 Å². The van der Waals surface area contributed by atoms with E-state index >= 15 is 4.39 Å². The Kier molecular flexibility index (Phi) is 7.59. The number of hydrogen-bond acceptors (Lipinski definition) is 9. The van der Waals surface area contributed by atoms with Gasteiger partial charge in [0.2, 0.25) is 21.9 Å². The fraction of sp³-hybridized carbons (Fsp3) is 0.400. The first-order chi connectivity index (χ1) is 18.2. The van der Waals surface area contributed by atoms with Crippen molar-refractivity contribution in [3.63, 3.8) is 0 Å². The van der Waals surface area contributed by atoms with Crippen LogP contribution in [-0.2, 0) is 10.0 Å². The third-order valence-electron chi connectivity index (χ3n) is 6.19. The summed E-state index contributed by atoms with van der Waals surface area (Å²) < 4.78 is 62.4. The van der Waals surface area contributed by atoms with Gasteiger partial charge >= 0.3 is 0 Å². The first-order valence-corrected chi connectivity index (χ1v) is 14.7. The zero-order chi connectivity index (χ0) is 26.9. The molecule has 0 unspecified atom stereocenters. The van der Waals surface area contributed by atoms with Crippen LogP contribution in [0.4, 0.5) is 20.4 Å². The molecule has 0 radical (unpaired) electrons. The maximum Gasteiger partial charge on any atom is 0.240 e. The number of benzene rings is 1. The van der Waals surface area contributed by atoms with Crippen LogP contribution in [0.1, 0.15) is 29.8 Å². The molecule has 0 bridgehead atoms. The Hall–Kier alpha value is -3.16. The number of sulfonamides is 1. The summed E-state index contributed by atoms with van der Waals surface area (Å²) in [7, 11) is -3.61. The third kappa shape index (κ3) is 6.27. The molecule has 1 aromatic carbocycles. The molecule has 1 saturated heterocycles. The number of aryl methyl sites for hydroxylation is 1. The highest BCUT2D eigenvalue weighted by Gasteiger charge is 2.29. The van der Waals surface area contributed by atoms with E-state index in [0.717, 1.165) is 12.8 Å². The van der Waals surface area contributed by atoms with E-state index in [1.807, 2.05) is 0 Å². The minimum Gasteiger partial charge on any atom is -0.434 e. The lowest BCUT2D eigenvalue weighted by atomic mass is 10.1. The van der Waals surface area contributed by atoms with E-state index in [1.54, 1.807) is 19.2 Å². The lowest BCUT2D eigenvalue weighted by Gasteiger charge is -2.26. The molecule has 0 amide bonds. The zero-order valence-electron chi connectivity index (χ0n) is 20.7. The second-order valence-electron chi connectivity index (χ2n) is 9.44. The second kappa shape index (κ2) is 10.9. The summed E-state index contributed by atoms with van der Waals surface area (Å²) in [5, 5.41) is 6.86. The van der Waals surface area contributed by atoms with Crippen LogP contribution < -0.4 is 20.1 Å². The standard InChI is InChI=1S/C25H28F2N6O3S2/c1-3-18-19(33-38(34,35)13-15-4-5-15)6-7-21(22(18)27)36-24-23(37-14(2)30-24)20-8-9-29-25(32-20)31-17-10-16(26)11-28-12-17/h3,6-9,15-17,28,33H,1,4-5,10-13H2,2H3,(H,29,31,32)/t16-,17-/m0/s1.